The molecule has 0 unspecified atom stereocenters. The van der Waals surface area contributed by atoms with E-state index in [2.05, 4.69) is 9.47 Å². The fourth-order valence-electron chi connectivity index (χ4n) is 2.43. The maximum atomic E-state index is 13.2. The number of hydrogen-bond acceptors (Lipinski definition) is 4. The standard InChI is InChI=1S/C19H12F4O4/c20-18(21)19(22,23)27-17-9-12(6-8-16(17)26-18)5-7-15(25)10-13-3-1-2-4-14(13)11-24/h1-9,11H,10H2/b7-5+. The van der Waals surface area contributed by atoms with E-state index in [0.717, 1.165) is 12.1 Å². The number of rotatable bonds is 5. The molecule has 0 spiro atoms. The van der Waals surface area contributed by atoms with Gasteiger partial charge in [0, 0.05) is 12.0 Å². The molecular weight excluding hydrogens is 368 g/mol. The lowest BCUT2D eigenvalue weighted by Gasteiger charge is -2.31. The summed E-state index contributed by atoms with van der Waals surface area (Å²) < 4.78 is 60.7. The van der Waals surface area contributed by atoms with Gasteiger partial charge in [-0.25, -0.2) is 0 Å². The number of fused-ring (bicyclic) bond motifs is 1. The zero-order valence-electron chi connectivity index (χ0n) is 13.6. The Bertz CT molecular complexity index is 922. The van der Waals surface area contributed by atoms with Gasteiger partial charge >= 0.3 is 12.2 Å². The Morgan fingerprint density at radius 1 is 0.963 bits per heavy atom. The SMILES string of the molecule is O=Cc1ccccc1CC(=O)/C=C/c1ccc2c(c1)OC(F)(F)C(F)(F)O2. The molecule has 0 atom stereocenters. The average molecular weight is 380 g/mol. The number of hydrogen-bond donors (Lipinski definition) is 0. The molecule has 27 heavy (non-hydrogen) atoms. The third-order valence-corrected chi connectivity index (χ3v) is 3.79. The van der Waals surface area contributed by atoms with Crippen LogP contribution in [0.1, 0.15) is 21.5 Å². The summed E-state index contributed by atoms with van der Waals surface area (Å²) in [5.74, 6) is -1.43. The van der Waals surface area contributed by atoms with Gasteiger partial charge in [0.1, 0.15) is 6.29 Å². The van der Waals surface area contributed by atoms with E-state index in [0.29, 0.717) is 17.4 Å². The van der Waals surface area contributed by atoms with Crippen LogP contribution in [0.2, 0.25) is 0 Å². The monoisotopic (exact) mass is 380 g/mol. The van der Waals surface area contributed by atoms with Gasteiger partial charge in [0.25, 0.3) is 0 Å². The van der Waals surface area contributed by atoms with Gasteiger partial charge in [-0.2, -0.15) is 17.6 Å². The van der Waals surface area contributed by atoms with Crippen molar-refractivity contribution in [1.82, 2.24) is 0 Å². The highest BCUT2D eigenvalue weighted by Gasteiger charge is 2.65. The van der Waals surface area contributed by atoms with Crippen LogP contribution in [0.5, 0.6) is 11.5 Å². The van der Waals surface area contributed by atoms with E-state index in [-0.39, 0.29) is 17.8 Å². The Hall–Kier alpha value is -3.16. The van der Waals surface area contributed by atoms with Crippen molar-refractivity contribution < 1.29 is 36.6 Å². The molecule has 0 saturated carbocycles. The van der Waals surface area contributed by atoms with E-state index in [1.165, 1.54) is 18.2 Å². The second kappa shape index (κ2) is 6.86. The number of halogens is 4. The molecule has 0 amide bonds. The topological polar surface area (TPSA) is 52.6 Å². The number of carbonyl (C=O) groups is 2. The minimum absolute atomic E-state index is 0.0275. The maximum absolute atomic E-state index is 13.2. The zero-order chi connectivity index (χ0) is 19.7. The molecule has 0 aromatic heterocycles. The van der Waals surface area contributed by atoms with Gasteiger partial charge in [-0.3, -0.25) is 9.59 Å². The number of carbonyl (C=O) groups excluding carboxylic acids is 2. The molecule has 3 rings (SSSR count). The summed E-state index contributed by atoms with van der Waals surface area (Å²) in [4.78, 5) is 23.0. The molecule has 140 valence electrons. The van der Waals surface area contributed by atoms with Crippen LogP contribution < -0.4 is 9.47 Å². The molecule has 0 N–H and O–H groups in total. The van der Waals surface area contributed by atoms with E-state index in [9.17, 15) is 27.2 Å². The summed E-state index contributed by atoms with van der Waals surface area (Å²) in [5, 5.41) is 0. The van der Waals surface area contributed by atoms with Crippen LogP contribution in [0.4, 0.5) is 17.6 Å². The molecular formula is C19H12F4O4. The maximum Gasteiger partial charge on any atom is 0.507 e. The number of benzene rings is 2. The summed E-state index contributed by atoms with van der Waals surface area (Å²) in [6, 6.07) is 9.99. The molecule has 8 heteroatoms. The van der Waals surface area contributed by atoms with E-state index in [4.69, 9.17) is 0 Å². The second-order valence-electron chi connectivity index (χ2n) is 5.74. The Kier molecular flexibility index (Phi) is 4.73. The van der Waals surface area contributed by atoms with Crippen molar-refractivity contribution in [3.05, 3.63) is 65.2 Å². The minimum Gasteiger partial charge on any atom is -0.421 e. The lowest BCUT2D eigenvalue weighted by atomic mass is 10.0. The normalized spacial score (nSPS) is 16.9. The quantitative estimate of drug-likeness (QED) is 0.441. The van der Waals surface area contributed by atoms with Gasteiger partial charge in [0.05, 0.1) is 0 Å². The summed E-state index contributed by atoms with van der Waals surface area (Å²) in [5.41, 5.74) is 1.21. The van der Waals surface area contributed by atoms with Crippen molar-refractivity contribution >= 4 is 18.1 Å². The van der Waals surface area contributed by atoms with Crippen LogP contribution >= 0.6 is 0 Å². The van der Waals surface area contributed by atoms with Crippen molar-refractivity contribution in [1.29, 1.82) is 0 Å². The predicted molar refractivity (Wildman–Crippen MR) is 87.2 cm³/mol. The zero-order valence-corrected chi connectivity index (χ0v) is 13.6. The number of allylic oxidation sites excluding steroid dienone is 1. The Morgan fingerprint density at radius 3 is 2.33 bits per heavy atom. The highest BCUT2D eigenvalue weighted by atomic mass is 19.3. The van der Waals surface area contributed by atoms with Crippen molar-refractivity contribution in [2.45, 2.75) is 18.6 Å². The van der Waals surface area contributed by atoms with Crippen LogP contribution in [-0.2, 0) is 11.2 Å². The first-order valence-corrected chi connectivity index (χ1v) is 7.73. The van der Waals surface area contributed by atoms with Crippen LogP contribution in [0.3, 0.4) is 0 Å². The van der Waals surface area contributed by atoms with Gasteiger partial charge in [0.15, 0.2) is 17.3 Å². The molecule has 2 aromatic rings. The molecule has 0 fully saturated rings. The first-order chi connectivity index (χ1) is 12.7. The van der Waals surface area contributed by atoms with Crippen LogP contribution in [0.25, 0.3) is 6.08 Å². The summed E-state index contributed by atoms with van der Waals surface area (Å²) in [6.45, 7) is 0. The fraction of sp³-hybridized carbons (Fsp3) is 0.158. The molecule has 0 aliphatic carbocycles. The second-order valence-corrected chi connectivity index (χ2v) is 5.74. The molecule has 2 aromatic carbocycles. The molecule has 1 aliphatic rings. The summed E-state index contributed by atoms with van der Waals surface area (Å²) in [7, 11) is 0. The smallest absolute Gasteiger partial charge is 0.421 e. The van der Waals surface area contributed by atoms with E-state index >= 15 is 0 Å². The van der Waals surface area contributed by atoms with Gasteiger partial charge < -0.3 is 9.47 Å². The van der Waals surface area contributed by atoms with E-state index in [1.54, 1.807) is 24.3 Å². The molecule has 4 nitrogen and oxygen atoms in total. The molecule has 1 aliphatic heterocycles. The minimum atomic E-state index is -4.81. The number of alkyl halides is 4. The van der Waals surface area contributed by atoms with E-state index < -0.39 is 23.7 Å². The van der Waals surface area contributed by atoms with Crippen LogP contribution in [-0.4, -0.2) is 24.3 Å². The number of ketones is 1. The van der Waals surface area contributed by atoms with Gasteiger partial charge in [0.2, 0.25) is 0 Å². The largest absolute Gasteiger partial charge is 0.507 e. The third kappa shape index (κ3) is 3.84. The van der Waals surface area contributed by atoms with Gasteiger partial charge in [-0.1, -0.05) is 36.4 Å². The third-order valence-electron chi connectivity index (χ3n) is 3.79. The first kappa shape index (κ1) is 18.6. The average Bonchev–Trinajstić information content (AvgIpc) is 2.61. The van der Waals surface area contributed by atoms with Gasteiger partial charge in [-0.15, -0.1) is 0 Å². The van der Waals surface area contributed by atoms with Crippen molar-refractivity contribution in [3.63, 3.8) is 0 Å². The lowest BCUT2D eigenvalue weighted by molar-refractivity contribution is -0.391. The van der Waals surface area contributed by atoms with Crippen molar-refractivity contribution in [2.24, 2.45) is 0 Å². The summed E-state index contributed by atoms with van der Waals surface area (Å²) in [6.07, 6.45) is -6.46. The number of aldehydes is 1. The van der Waals surface area contributed by atoms with E-state index in [1.807, 2.05) is 0 Å². The fourth-order valence-corrected chi connectivity index (χ4v) is 2.43. The van der Waals surface area contributed by atoms with Gasteiger partial charge in [-0.05, 0) is 29.3 Å². The first-order valence-electron chi connectivity index (χ1n) is 7.73. The Balaban J connectivity index is 1.75. The van der Waals surface area contributed by atoms with Crippen molar-refractivity contribution in [2.75, 3.05) is 0 Å². The highest BCUT2D eigenvalue weighted by Crippen LogP contribution is 2.47. The molecule has 0 radical (unpaired) electrons. The Labute approximate surface area is 151 Å². The van der Waals surface area contributed by atoms with Crippen molar-refractivity contribution in [3.8, 4) is 11.5 Å². The predicted octanol–water partition coefficient (Wildman–Crippen LogP) is 4.28. The van der Waals surface area contributed by atoms with Crippen LogP contribution in [0.15, 0.2) is 48.5 Å². The molecule has 0 saturated heterocycles. The highest BCUT2D eigenvalue weighted by molar-refractivity contribution is 5.96. The molecule has 1 heterocycles. The molecule has 0 bridgehead atoms. The summed E-state index contributed by atoms with van der Waals surface area (Å²) >= 11 is 0. The lowest BCUT2D eigenvalue weighted by Crippen LogP contribution is -2.52. The number of ether oxygens (including phenoxy) is 2. The Morgan fingerprint density at radius 2 is 1.63 bits per heavy atom. The van der Waals surface area contributed by atoms with Crippen LogP contribution in [0, 0.1) is 0 Å².